The van der Waals surface area contributed by atoms with Gasteiger partial charge in [-0.1, -0.05) is 30.3 Å². The van der Waals surface area contributed by atoms with E-state index in [0.29, 0.717) is 0 Å². The lowest BCUT2D eigenvalue weighted by molar-refractivity contribution is 0.222. The van der Waals surface area contributed by atoms with Gasteiger partial charge in [0, 0.05) is 36.8 Å². The van der Waals surface area contributed by atoms with E-state index in [9.17, 15) is 0 Å². The Balaban J connectivity index is 1.52. The molecule has 2 aromatic heterocycles. The van der Waals surface area contributed by atoms with Crippen molar-refractivity contribution in [3.8, 4) is 11.4 Å². The van der Waals surface area contributed by atoms with Crippen LogP contribution in [-0.2, 0) is 19.5 Å². The van der Waals surface area contributed by atoms with Gasteiger partial charge < -0.3 is 4.42 Å². The topological polar surface area (TPSA) is 42.2 Å². The predicted molar refractivity (Wildman–Crippen MR) is 88.7 cm³/mol. The van der Waals surface area contributed by atoms with Crippen LogP contribution in [0.5, 0.6) is 0 Å². The summed E-state index contributed by atoms with van der Waals surface area (Å²) in [5.41, 5.74) is 3.47. The van der Waals surface area contributed by atoms with Gasteiger partial charge in [-0.2, -0.15) is 0 Å². The maximum absolute atomic E-state index is 5.68. The maximum Gasteiger partial charge on any atom is 0.159 e. The zero-order chi connectivity index (χ0) is 15.6. The van der Waals surface area contributed by atoms with E-state index in [0.717, 1.165) is 49.0 Å². The molecule has 0 saturated heterocycles. The molecule has 0 fully saturated rings. The summed E-state index contributed by atoms with van der Waals surface area (Å²) in [6.07, 6.45) is 2.93. The van der Waals surface area contributed by atoms with Gasteiger partial charge in [-0.25, -0.2) is 9.97 Å². The van der Waals surface area contributed by atoms with E-state index in [2.05, 4.69) is 28.1 Å². The molecule has 0 amide bonds. The first-order valence-electron chi connectivity index (χ1n) is 7.96. The molecule has 116 valence electrons. The van der Waals surface area contributed by atoms with E-state index in [1.165, 1.54) is 11.3 Å². The third kappa shape index (κ3) is 3.03. The summed E-state index contributed by atoms with van der Waals surface area (Å²) in [7, 11) is 0. The maximum atomic E-state index is 5.68. The zero-order valence-electron chi connectivity index (χ0n) is 13.2. The summed E-state index contributed by atoms with van der Waals surface area (Å²) < 4.78 is 5.68. The van der Waals surface area contributed by atoms with Crippen molar-refractivity contribution in [2.24, 2.45) is 0 Å². The molecule has 3 aromatic rings. The van der Waals surface area contributed by atoms with Gasteiger partial charge in [0.25, 0.3) is 0 Å². The lowest BCUT2D eigenvalue weighted by Crippen LogP contribution is -2.30. The van der Waals surface area contributed by atoms with Crippen molar-refractivity contribution in [2.45, 2.75) is 26.4 Å². The zero-order valence-corrected chi connectivity index (χ0v) is 13.2. The van der Waals surface area contributed by atoms with E-state index in [4.69, 9.17) is 9.40 Å². The normalized spacial score (nSPS) is 14.7. The molecular formula is C19H19N3O. The van der Waals surface area contributed by atoms with E-state index < -0.39 is 0 Å². The van der Waals surface area contributed by atoms with Crippen LogP contribution in [0.15, 0.2) is 53.1 Å². The number of aryl methyl sites for hydroxylation is 1. The largest absolute Gasteiger partial charge is 0.465 e. The van der Waals surface area contributed by atoms with Crippen molar-refractivity contribution in [1.82, 2.24) is 14.9 Å². The van der Waals surface area contributed by atoms with Gasteiger partial charge in [-0.05, 0) is 19.1 Å². The summed E-state index contributed by atoms with van der Waals surface area (Å²) in [6, 6.07) is 14.2. The third-order valence-electron chi connectivity index (χ3n) is 4.22. The fourth-order valence-corrected chi connectivity index (χ4v) is 3.03. The smallest absolute Gasteiger partial charge is 0.159 e. The number of aromatic nitrogens is 2. The van der Waals surface area contributed by atoms with Crippen molar-refractivity contribution in [3.05, 3.63) is 71.4 Å². The number of benzene rings is 1. The predicted octanol–water partition coefficient (Wildman–Crippen LogP) is 3.60. The third-order valence-corrected chi connectivity index (χ3v) is 4.22. The fraction of sp³-hybridized carbons (Fsp3) is 0.263. The van der Waals surface area contributed by atoms with Crippen LogP contribution < -0.4 is 0 Å². The molecule has 0 spiro atoms. The van der Waals surface area contributed by atoms with Gasteiger partial charge in [0.2, 0.25) is 0 Å². The monoisotopic (exact) mass is 305 g/mol. The van der Waals surface area contributed by atoms with E-state index in [1.54, 1.807) is 0 Å². The summed E-state index contributed by atoms with van der Waals surface area (Å²) in [5.74, 6) is 2.81. The number of hydrogen-bond donors (Lipinski definition) is 0. The lowest BCUT2D eigenvalue weighted by atomic mass is 10.1. The first-order valence-corrected chi connectivity index (χ1v) is 7.96. The van der Waals surface area contributed by atoms with E-state index in [1.807, 2.05) is 37.4 Å². The molecule has 4 nitrogen and oxygen atoms in total. The van der Waals surface area contributed by atoms with Crippen molar-refractivity contribution in [1.29, 1.82) is 0 Å². The molecule has 4 rings (SSSR count). The standard InChI is InChI=1S/C19H19N3O/c1-14-7-8-17(23-14)13-22-10-9-18-16(12-22)11-20-19(21-18)15-5-3-2-4-6-15/h2-8,11H,9-10,12-13H2,1H3. The molecule has 4 heteroatoms. The van der Waals surface area contributed by atoms with E-state index in [-0.39, 0.29) is 0 Å². The number of hydrogen-bond acceptors (Lipinski definition) is 4. The Kier molecular flexibility index (Phi) is 3.67. The van der Waals surface area contributed by atoms with Crippen LogP contribution >= 0.6 is 0 Å². The second-order valence-corrected chi connectivity index (χ2v) is 6.00. The quantitative estimate of drug-likeness (QED) is 0.741. The highest BCUT2D eigenvalue weighted by Gasteiger charge is 2.19. The second kappa shape index (κ2) is 5.97. The average molecular weight is 305 g/mol. The van der Waals surface area contributed by atoms with Crippen LogP contribution in [0.3, 0.4) is 0 Å². The minimum atomic E-state index is 0.819. The molecule has 0 bridgehead atoms. The SMILES string of the molecule is Cc1ccc(CN2CCc3nc(-c4ccccc4)ncc3C2)o1. The molecule has 1 aliphatic rings. The molecule has 0 N–H and O–H groups in total. The first-order chi connectivity index (χ1) is 11.3. The Morgan fingerprint density at radius 1 is 1.13 bits per heavy atom. The van der Waals surface area contributed by atoms with Gasteiger partial charge in [-0.3, -0.25) is 4.90 Å². The molecule has 1 aromatic carbocycles. The molecule has 0 atom stereocenters. The van der Waals surface area contributed by atoms with Crippen LogP contribution in [0, 0.1) is 6.92 Å². The molecular weight excluding hydrogens is 286 g/mol. The Bertz CT molecular complexity index is 810. The van der Waals surface area contributed by atoms with Gasteiger partial charge in [0.1, 0.15) is 11.5 Å². The molecule has 1 aliphatic heterocycles. The summed E-state index contributed by atoms with van der Waals surface area (Å²) in [5, 5.41) is 0. The molecule has 3 heterocycles. The van der Waals surface area contributed by atoms with Crippen LogP contribution in [0.4, 0.5) is 0 Å². The first kappa shape index (κ1) is 14.2. The average Bonchev–Trinajstić information content (AvgIpc) is 3.00. The Morgan fingerprint density at radius 3 is 2.78 bits per heavy atom. The van der Waals surface area contributed by atoms with Crippen molar-refractivity contribution >= 4 is 0 Å². The van der Waals surface area contributed by atoms with Gasteiger partial charge >= 0.3 is 0 Å². The Hall–Kier alpha value is -2.46. The molecule has 0 unspecified atom stereocenters. The van der Waals surface area contributed by atoms with Crippen LogP contribution in [-0.4, -0.2) is 21.4 Å². The minimum Gasteiger partial charge on any atom is -0.465 e. The number of fused-ring (bicyclic) bond motifs is 1. The van der Waals surface area contributed by atoms with Crippen molar-refractivity contribution in [2.75, 3.05) is 6.54 Å². The highest BCUT2D eigenvalue weighted by atomic mass is 16.3. The number of nitrogens with zero attached hydrogens (tertiary/aromatic N) is 3. The Labute approximate surface area is 135 Å². The van der Waals surface area contributed by atoms with Gasteiger partial charge in [0.05, 0.1) is 12.2 Å². The van der Waals surface area contributed by atoms with Crippen LogP contribution in [0.2, 0.25) is 0 Å². The summed E-state index contributed by atoms with van der Waals surface area (Å²) >= 11 is 0. The second-order valence-electron chi connectivity index (χ2n) is 6.00. The van der Waals surface area contributed by atoms with E-state index >= 15 is 0 Å². The highest BCUT2D eigenvalue weighted by molar-refractivity contribution is 5.54. The fourth-order valence-electron chi connectivity index (χ4n) is 3.03. The van der Waals surface area contributed by atoms with Gasteiger partial charge in [0.15, 0.2) is 5.82 Å². The summed E-state index contributed by atoms with van der Waals surface area (Å²) in [6.45, 7) is 4.70. The van der Waals surface area contributed by atoms with Gasteiger partial charge in [-0.15, -0.1) is 0 Å². The minimum absolute atomic E-state index is 0.819. The summed E-state index contributed by atoms with van der Waals surface area (Å²) in [4.78, 5) is 11.7. The van der Waals surface area contributed by atoms with Crippen molar-refractivity contribution in [3.63, 3.8) is 0 Å². The number of rotatable bonds is 3. The number of furan rings is 1. The molecule has 0 aliphatic carbocycles. The molecule has 0 radical (unpaired) electrons. The van der Waals surface area contributed by atoms with Crippen LogP contribution in [0.1, 0.15) is 22.8 Å². The molecule has 0 saturated carbocycles. The van der Waals surface area contributed by atoms with Crippen molar-refractivity contribution < 1.29 is 4.42 Å². The Morgan fingerprint density at radius 2 is 2.00 bits per heavy atom. The highest BCUT2D eigenvalue weighted by Crippen LogP contribution is 2.22. The lowest BCUT2D eigenvalue weighted by Gasteiger charge is -2.27. The molecule has 23 heavy (non-hydrogen) atoms. The van der Waals surface area contributed by atoms with Crippen LogP contribution in [0.25, 0.3) is 11.4 Å².